The summed E-state index contributed by atoms with van der Waals surface area (Å²) < 4.78 is 39.1. The van der Waals surface area contributed by atoms with Crippen molar-refractivity contribution < 1.29 is 12.8 Å². The second kappa shape index (κ2) is 7.56. The van der Waals surface area contributed by atoms with Gasteiger partial charge in [0.15, 0.2) is 5.16 Å². The summed E-state index contributed by atoms with van der Waals surface area (Å²) >= 11 is 7.44. The van der Waals surface area contributed by atoms with Gasteiger partial charge in [-0.05, 0) is 36.8 Å². The van der Waals surface area contributed by atoms with Gasteiger partial charge in [0.05, 0.1) is 15.9 Å². The number of aryl methyl sites for hydroxylation is 1. The molecule has 0 radical (unpaired) electrons. The number of sulfonamides is 1. The van der Waals surface area contributed by atoms with Crippen molar-refractivity contribution in [1.29, 1.82) is 0 Å². The predicted molar refractivity (Wildman–Crippen MR) is 102 cm³/mol. The van der Waals surface area contributed by atoms with E-state index in [0.717, 1.165) is 11.9 Å². The summed E-state index contributed by atoms with van der Waals surface area (Å²) in [5.74, 6) is -0.0414. The molecule has 3 aromatic rings. The van der Waals surface area contributed by atoms with E-state index in [4.69, 9.17) is 16.7 Å². The van der Waals surface area contributed by atoms with Crippen molar-refractivity contribution in [2.45, 2.75) is 35.7 Å². The highest BCUT2D eigenvalue weighted by Crippen LogP contribution is 2.31. The summed E-state index contributed by atoms with van der Waals surface area (Å²) in [7, 11) is -3.80. The lowest BCUT2D eigenvalue weighted by Crippen LogP contribution is -2.11. The minimum absolute atomic E-state index is 0.0137. The number of fused-ring (bicyclic) bond motifs is 1. The molecule has 0 aliphatic carbocycles. The molecule has 0 atom stereocenters. The van der Waals surface area contributed by atoms with Crippen molar-refractivity contribution in [1.82, 2.24) is 9.55 Å². The molecular formula is C17H17ClFN3O2S2. The molecule has 0 bridgehead atoms. The van der Waals surface area contributed by atoms with Gasteiger partial charge in [-0.3, -0.25) is 0 Å². The largest absolute Gasteiger partial charge is 0.319 e. The van der Waals surface area contributed by atoms with E-state index in [2.05, 4.69) is 4.98 Å². The second-order valence-electron chi connectivity index (χ2n) is 5.73. The van der Waals surface area contributed by atoms with E-state index >= 15 is 0 Å². The van der Waals surface area contributed by atoms with E-state index in [0.29, 0.717) is 33.6 Å². The van der Waals surface area contributed by atoms with Gasteiger partial charge in [-0.25, -0.2) is 22.9 Å². The summed E-state index contributed by atoms with van der Waals surface area (Å²) in [6.07, 6.45) is 0.871. The fraction of sp³-hybridized carbons (Fsp3) is 0.235. The van der Waals surface area contributed by atoms with Crippen LogP contribution in [0.5, 0.6) is 0 Å². The number of nitrogens with two attached hydrogens (primary N) is 1. The average Bonchev–Trinajstić information content (AvgIpc) is 2.91. The molecule has 0 saturated carbocycles. The molecule has 2 aromatic carbocycles. The van der Waals surface area contributed by atoms with Gasteiger partial charge in [0.1, 0.15) is 5.82 Å². The quantitative estimate of drug-likeness (QED) is 0.615. The highest BCUT2D eigenvalue weighted by Gasteiger charge is 2.16. The minimum Gasteiger partial charge on any atom is -0.319 e. The molecule has 138 valence electrons. The van der Waals surface area contributed by atoms with Crippen LogP contribution in [0.4, 0.5) is 4.39 Å². The van der Waals surface area contributed by atoms with Gasteiger partial charge in [0.2, 0.25) is 10.0 Å². The maximum atomic E-state index is 14.0. The molecule has 0 aliphatic heterocycles. The van der Waals surface area contributed by atoms with Crippen molar-refractivity contribution in [3.05, 3.63) is 52.8 Å². The highest BCUT2D eigenvalue weighted by molar-refractivity contribution is 7.98. The zero-order chi connectivity index (χ0) is 18.9. The number of imidazole rings is 1. The molecule has 3 rings (SSSR count). The number of halogens is 2. The van der Waals surface area contributed by atoms with E-state index in [-0.39, 0.29) is 10.7 Å². The lowest BCUT2D eigenvalue weighted by molar-refractivity contribution is 0.598. The molecule has 26 heavy (non-hydrogen) atoms. The van der Waals surface area contributed by atoms with Crippen molar-refractivity contribution in [3.63, 3.8) is 0 Å². The van der Waals surface area contributed by atoms with Crippen molar-refractivity contribution in [2.75, 3.05) is 0 Å². The number of hydrogen-bond acceptors (Lipinski definition) is 4. The van der Waals surface area contributed by atoms with Crippen LogP contribution in [0.2, 0.25) is 5.02 Å². The summed E-state index contributed by atoms with van der Waals surface area (Å²) in [5, 5.41) is 6.24. The Labute approximate surface area is 160 Å². The van der Waals surface area contributed by atoms with E-state index in [9.17, 15) is 12.8 Å². The van der Waals surface area contributed by atoms with E-state index < -0.39 is 10.0 Å². The molecule has 0 aliphatic rings. The number of hydrogen-bond donors (Lipinski definition) is 1. The van der Waals surface area contributed by atoms with Gasteiger partial charge in [0, 0.05) is 22.9 Å². The van der Waals surface area contributed by atoms with Crippen LogP contribution >= 0.6 is 23.4 Å². The fourth-order valence-corrected chi connectivity index (χ4v) is 4.54. The third kappa shape index (κ3) is 3.88. The highest BCUT2D eigenvalue weighted by atomic mass is 35.5. The van der Waals surface area contributed by atoms with Crippen LogP contribution in [0.25, 0.3) is 11.0 Å². The first-order valence-electron chi connectivity index (χ1n) is 7.90. The minimum atomic E-state index is -3.80. The number of nitrogens with zero attached hydrogens (tertiary/aromatic N) is 2. The fourth-order valence-electron chi connectivity index (χ4n) is 2.62. The number of thioether (sulfide) groups is 1. The number of aromatic nitrogens is 2. The van der Waals surface area contributed by atoms with Crippen LogP contribution in [0.3, 0.4) is 0 Å². The van der Waals surface area contributed by atoms with Gasteiger partial charge in [-0.2, -0.15) is 0 Å². The smallest absolute Gasteiger partial charge is 0.238 e. The number of rotatable bonds is 6. The van der Waals surface area contributed by atoms with Crippen LogP contribution in [0.15, 0.2) is 46.5 Å². The van der Waals surface area contributed by atoms with Gasteiger partial charge in [-0.15, -0.1) is 0 Å². The van der Waals surface area contributed by atoms with Crippen LogP contribution in [0.1, 0.15) is 18.9 Å². The molecule has 1 aromatic heterocycles. The Hall–Kier alpha value is -1.61. The first-order chi connectivity index (χ1) is 12.3. The van der Waals surface area contributed by atoms with Crippen LogP contribution < -0.4 is 5.14 Å². The van der Waals surface area contributed by atoms with Crippen molar-refractivity contribution >= 4 is 44.4 Å². The maximum Gasteiger partial charge on any atom is 0.238 e. The number of primary sulfonamides is 1. The van der Waals surface area contributed by atoms with E-state index in [1.54, 1.807) is 18.2 Å². The number of benzene rings is 2. The van der Waals surface area contributed by atoms with Gasteiger partial charge < -0.3 is 4.57 Å². The second-order valence-corrected chi connectivity index (χ2v) is 8.64. The molecule has 0 unspecified atom stereocenters. The van der Waals surface area contributed by atoms with Crippen molar-refractivity contribution in [2.24, 2.45) is 5.14 Å². The summed E-state index contributed by atoms with van der Waals surface area (Å²) in [4.78, 5) is 4.53. The molecular weight excluding hydrogens is 397 g/mol. The molecule has 5 nitrogen and oxygen atoms in total. The van der Waals surface area contributed by atoms with Crippen LogP contribution in [-0.4, -0.2) is 18.0 Å². The third-order valence-corrected chi connectivity index (χ3v) is 6.14. The van der Waals surface area contributed by atoms with E-state index in [1.165, 1.54) is 30.0 Å². The van der Waals surface area contributed by atoms with Crippen LogP contribution in [-0.2, 0) is 22.3 Å². The van der Waals surface area contributed by atoms with Crippen LogP contribution in [0, 0.1) is 5.82 Å². The van der Waals surface area contributed by atoms with E-state index in [1.807, 2.05) is 11.5 Å². The van der Waals surface area contributed by atoms with Gasteiger partial charge in [0.25, 0.3) is 0 Å². The average molecular weight is 414 g/mol. The maximum absolute atomic E-state index is 14.0. The standard InChI is InChI=1S/C17H17ClFN3O2S2/c1-2-8-22-16-7-6-11(26(20,23)24)9-15(16)21-17(22)25-10-12-13(18)4-3-5-14(12)19/h3-7,9H,2,8,10H2,1H3,(H2,20,23,24). The summed E-state index contributed by atoms with van der Waals surface area (Å²) in [5.41, 5.74) is 1.76. The lowest BCUT2D eigenvalue weighted by atomic mass is 10.2. The Kier molecular flexibility index (Phi) is 5.57. The SMILES string of the molecule is CCCn1c(SCc2c(F)cccc2Cl)nc2cc(S(N)(=O)=O)ccc21. The Morgan fingerprint density at radius 2 is 2.08 bits per heavy atom. The molecule has 1 heterocycles. The first-order valence-corrected chi connectivity index (χ1v) is 10.8. The molecule has 2 N–H and O–H groups in total. The summed E-state index contributed by atoms with van der Waals surface area (Å²) in [6.45, 7) is 2.74. The normalized spacial score (nSPS) is 12.0. The molecule has 0 fully saturated rings. The Morgan fingerprint density at radius 1 is 1.31 bits per heavy atom. The zero-order valence-electron chi connectivity index (χ0n) is 13.9. The lowest BCUT2D eigenvalue weighted by Gasteiger charge is -2.09. The Bertz CT molecular complexity index is 1050. The molecule has 0 spiro atoms. The van der Waals surface area contributed by atoms with Gasteiger partial charge >= 0.3 is 0 Å². The monoisotopic (exact) mass is 413 g/mol. The van der Waals surface area contributed by atoms with Gasteiger partial charge in [-0.1, -0.05) is 36.4 Å². The topological polar surface area (TPSA) is 78.0 Å². The molecule has 9 heteroatoms. The molecule has 0 amide bonds. The Balaban J connectivity index is 2.00. The first kappa shape index (κ1) is 19.2. The zero-order valence-corrected chi connectivity index (χ0v) is 16.3. The Morgan fingerprint density at radius 3 is 2.73 bits per heavy atom. The predicted octanol–water partition coefficient (Wildman–Crippen LogP) is 4.18. The third-order valence-electron chi connectivity index (χ3n) is 3.87. The van der Waals surface area contributed by atoms with Crippen molar-refractivity contribution in [3.8, 4) is 0 Å². The summed E-state index contributed by atoms with van der Waals surface area (Å²) in [6, 6.07) is 9.19. The molecule has 0 saturated heterocycles.